The van der Waals surface area contributed by atoms with Crippen LogP contribution in [0.25, 0.3) is 0 Å². The van der Waals surface area contributed by atoms with Crippen LogP contribution in [0.4, 0.5) is 10.5 Å². The van der Waals surface area contributed by atoms with Crippen LogP contribution in [0, 0.1) is 5.92 Å². The molecule has 0 aliphatic carbocycles. The van der Waals surface area contributed by atoms with Crippen molar-refractivity contribution in [3.63, 3.8) is 0 Å². The Labute approximate surface area is 137 Å². The number of aryl methyl sites for hydroxylation is 1. The lowest BCUT2D eigenvalue weighted by Gasteiger charge is -2.35. The van der Waals surface area contributed by atoms with Crippen LogP contribution in [0.5, 0.6) is 0 Å². The molecule has 1 aromatic rings. The highest BCUT2D eigenvalue weighted by molar-refractivity contribution is 5.94. The van der Waals surface area contributed by atoms with Crippen LogP contribution in [0.2, 0.25) is 0 Å². The molecule has 0 bridgehead atoms. The predicted molar refractivity (Wildman–Crippen MR) is 89.3 cm³/mol. The molecule has 7 nitrogen and oxygen atoms in total. The van der Waals surface area contributed by atoms with Gasteiger partial charge in [-0.2, -0.15) is 5.10 Å². The lowest BCUT2D eigenvalue weighted by molar-refractivity contribution is -0.128. The van der Waals surface area contributed by atoms with E-state index in [-0.39, 0.29) is 17.9 Å². The van der Waals surface area contributed by atoms with Crippen LogP contribution in [0.15, 0.2) is 6.20 Å². The van der Waals surface area contributed by atoms with E-state index in [4.69, 9.17) is 0 Å². The number of nitrogens with one attached hydrogen (secondary N) is 2. The lowest BCUT2D eigenvalue weighted by Crippen LogP contribution is -2.58. The van der Waals surface area contributed by atoms with Crippen molar-refractivity contribution in [1.29, 1.82) is 0 Å². The van der Waals surface area contributed by atoms with Crippen molar-refractivity contribution in [1.82, 2.24) is 20.0 Å². The molecule has 128 valence electrons. The van der Waals surface area contributed by atoms with E-state index in [1.165, 1.54) is 0 Å². The number of piperazine rings is 1. The molecule has 1 unspecified atom stereocenters. The highest BCUT2D eigenvalue weighted by atomic mass is 16.2. The molecule has 7 heteroatoms. The van der Waals surface area contributed by atoms with E-state index in [0.717, 1.165) is 5.69 Å². The zero-order chi connectivity index (χ0) is 17.1. The number of rotatable bonds is 4. The Kier molecular flexibility index (Phi) is 5.28. The van der Waals surface area contributed by atoms with Crippen LogP contribution in [0.3, 0.4) is 0 Å². The predicted octanol–water partition coefficient (Wildman–Crippen LogP) is 1.92. The summed E-state index contributed by atoms with van der Waals surface area (Å²) in [6, 6.07) is -0.650. The number of carbonyl (C=O) groups excluding carboxylic acids is 2. The molecule has 0 aromatic carbocycles. The largest absolute Gasteiger partial charge is 0.353 e. The van der Waals surface area contributed by atoms with Crippen molar-refractivity contribution in [2.45, 2.75) is 46.1 Å². The molecule has 1 fully saturated rings. The molecule has 2 heterocycles. The number of urea groups is 1. The van der Waals surface area contributed by atoms with E-state index < -0.39 is 6.04 Å². The Morgan fingerprint density at radius 3 is 2.74 bits per heavy atom. The van der Waals surface area contributed by atoms with Crippen molar-refractivity contribution in [2.24, 2.45) is 13.0 Å². The maximum Gasteiger partial charge on any atom is 0.322 e. The van der Waals surface area contributed by atoms with Crippen molar-refractivity contribution in [3.8, 4) is 0 Å². The number of anilines is 1. The molecule has 1 atom stereocenters. The van der Waals surface area contributed by atoms with Crippen LogP contribution >= 0.6 is 0 Å². The number of aromatic nitrogens is 2. The molecule has 0 saturated carbocycles. The van der Waals surface area contributed by atoms with Gasteiger partial charge in [-0.1, -0.05) is 27.7 Å². The maximum atomic E-state index is 12.7. The fourth-order valence-electron chi connectivity index (χ4n) is 2.85. The second-order valence-electron chi connectivity index (χ2n) is 6.82. The summed E-state index contributed by atoms with van der Waals surface area (Å²) < 4.78 is 1.69. The minimum absolute atomic E-state index is 0.0737. The molecule has 0 spiro atoms. The molecule has 0 radical (unpaired) electrons. The summed E-state index contributed by atoms with van der Waals surface area (Å²) >= 11 is 0. The van der Waals surface area contributed by atoms with Gasteiger partial charge in [0, 0.05) is 26.3 Å². The van der Waals surface area contributed by atoms with E-state index in [2.05, 4.69) is 29.6 Å². The van der Waals surface area contributed by atoms with Crippen LogP contribution in [-0.4, -0.2) is 45.8 Å². The average molecular weight is 321 g/mol. The van der Waals surface area contributed by atoms with Gasteiger partial charge in [-0.15, -0.1) is 0 Å². The third kappa shape index (κ3) is 4.03. The van der Waals surface area contributed by atoms with Gasteiger partial charge in [0.2, 0.25) is 5.91 Å². The van der Waals surface area contributed by atoms with Gasteiger partial charge in [-0.25, -0.2) is 4.79 Å². The first-order valence-electron chi connectivity index (χ1n) is 8.18. The third-order valence-corrected chi connectivity index (χ3v) is 3.93. The Morgan fingerprint density at radius 2 is 2.13 bits per heavy atom. The van der Waals surface area contributed by atoms with Crippen molar-refractivity contribution >= 4 is 17.6 Å². The standard InChI is InChI=1S/C16H27N5O2/c1-10(2)8-13-15(22)17-6-7-21(13)16(23)18-12-9-20(5)19-14(12)11(3)4/h9-11,13H,6-8H2,1-5H3,(H,17,22)(H,18,23). The van der Waals surface area contributed by atoms with Crippen molar-refractivity contribution in [2.75, 3.05) is 18.4 Å². The van der Waals surface area contributed by atoms with E-state index in [1.807, 2.05) is 20.9 Å². The average Bonchev–Trinajstić information content (AvgIpc) is 2.81. The minimum atomic E-state index is -0.414. The molecular formula is C16H27N5O2. The molecule has 1 aromatic heterocycles. The number of hydrogen-bond donors (Lipinski definition) is 2. The molecule has 1 aliphatic heterocycles. The van der Waals surface area contributed by atoms with E-state index >= 15 is 0 Å². The first-order valence-corrected chi connectivity index (χ1v) is 8.18. The van der Waals surface area contributed by atoms with Gasteiger partial charge in [-0.05, 0) is 18.3 Å². The smallest absolute Gasteiger partial charge is 0.322 e. The van der Waals surface area contributed by atoms with Gasteiger partial charge >= 0.3 is 6.03 Å². The van der Waals surface area contributed by atoms with Gasteiger partial charge < -0.3 is 15.5 Å². The third-order valence-electron chi connectivity index (χ3n) is 3.93. The van der Waals surface area contributed by atoms with E-state index in [9.17, 15) is 9.59 Å². The second-order valence-corrected chi connectivity index (χ2v) is 6.82. The molecule has 2 rings (SSSR count). The normalized spacial score (nSPS) is 18.5. The van der Waals surface area contributed by atoms with Crippen LogP contribution in [0.1, 0.15) is 45.7 Å². The Balaban J connectivity index is 2.16. The fraction of sp³-hybridized carbons (Fsp3) is 0.688. The number of hydrogen-bond acceptors (Lipinski definition) is 3. The summed E-state index contributed by atoms with van der Waals surface area (Å²) in [6.45, 7) is 9.19. The first kappa shape index (κ1) is 17.3. The van der Waals surface area contributed by atoms with E-state index in [1.54, 1.807) is 15.8 Å². The maximum absolute atomic E-state index is 12.7. The Hall–Kier alpha value is -2.05. The minimum Gasteiger partial charge on any atom is -0.353 e. The lowest BCUT2D eigenvalue weighted by atomic mass is 10.0. The summed E-state index contributed by atoms with van der Waals surface area (Å²) in [5.41, 5.74) is 1.56. The monoisotopic (exact) mass is 321 g/mol. The summed E-state index contributed by atoms with van der Waals surface area (Å²) in [5.74, 6) is 0.474. The highest BCUT2D eigenvalue weighted by Gasteiger charge is 2.33. The van der Waals surface area contributed by atoms with Gasteiger partial charge in [0.15, 0.2) is 0 Å². The van der Waals surface area contributed by atoms with Gasteiger partial charge in [0.1, 0.15) is 6.04 Å². The quantitative estimate of drug-likeness (QED) is 0.889. The van der Waals surface area contributed by atoms with Crippen LogP contribution in [-0.2, 0) is 11.8 Å². The van der Waals surface area contributed by atoms with Crippen molar-refractivity contribution < 1.29 is 9.59 Å². The van der Waals surface area contributed by atoms with Gasteiger partial charge in [0.05, 0.1) is 11.4 Å². The summed E-state index contributed by atoms with van der Waals surface area (Å²) in [5, 5.41) is 10.2. The number of nitrogens with zero attached hydrogens (tertiary/aromatic N) is 3. The summed E-state index contributed by atoms with van der Waals surface area (Å²) in [4.78, 5) is 26.4. The molecular weight excluding hydrogens is 294 g/mol. The highest BCUT2D eigenvalue weighted by Crippen LogP contribution is 2.23. The molecule has 2 N–H and O–H groups in total. The topological polar surface area (TPSA) is 79.3 Å². The van der Waals surface area contributed by atoms with Crippen LogP contribution < -0.4 is 10.6 Å². The Morgan fingerprint density at radius 1 is 1.43 bits per heavy atom. The zero-order valence-corrected chi connectivity index (χ0v) is 14.6. The molecule has 3 amide bonds. The second kappa shape index (κ2) is 7.02. The first-order chi connectivity index (χ1) is 10.8. The van der Waals surface area contributed by atoms with Crippen molar-refractivity contribution in [3.05, 3.63) is 11.9 Å². The molecule has 1 saturated heterocycles. The fourth-order valence-corrected chi connectivity index (χ4v) is 2.85. The Bertz CT molecular complexity index is 579. The molecule has 1 aliphatic rings. The number of carbonyl (C=O) groups is 2. The number of amides is 3. The van der Waals surface area contributed by atoms with Gasteiger partial charge in [0.25, 0.3) is 0 Å². The molecule has 23 heavy (non-hydrogen) atoms. The van der Waals surface area contributed by atoms with E-state index in [0.29, 0.717) is 31.1 Å². The summed E-state index contributed by atoms with van der Waals surface area (Å²) in [6.07, 6.45) is 2.46. The SMILES string of the molecule is CC(C)CC1C(=O)NCCN1C(=O)Nc1cn(C)nc1C(C)C. The zero-order valence-electron chi connectivity index (χ0n) is 14.6. The van der Waals surface area contributed by atoms with Gasteiger partial charge in [-0.3, -0.25) is 9.48 Å². The summed E-state index contributed by atoms with van der Waals surface area (Å²) in [7, 11) is 1.83.